The van der Waals surface area contributed by atoms with E-state index in [1.165, 1.54) is 0 Å². The molecule has 1 N–H and O–H groups in total. The van der Waals surface area contributed by atoms with E-state index in [2.05, 4.69) is 0 Å². The molecule has 0 radical (unpaired) electrons. The third kappa shape index (κ3) is 7.16. The number of methoxy groups -OCH3 is 4. The molecule has 0 aliphatic rings. The van der Waals surface area contributed by atoms with E-state index in [0.717, 1.165) is 5.56 Å². The highest BCUT2D eigenvalue weighted by Crippen LogP contribution is 2.38. The molecule has 1 unspecified atom stereocenters. The molecule has 0 amide bonds. The molecule has 0 aliphatic heterocycles. The number of aliphatic carboxylic acids is 1. The monoisotopic (exact) mass is 358 g/mol. The molecule has 25 heavy (non-hydrogen) atoms. The zero-order chi connectivity index (χ0) is 18.7. The predicted octanol–water partition coefficient (Wildman–Crippen LogP) is 1.74. The Bertz CT molecular complexity index is 506. The summed E-state index contributed by atoms with van der Waals surface area (Å²) in [6, 6.07) is 3.62. The summed E-state index contributed by atoms with van der Waals surface area (Å²) in [5.74, 6) is 0.740. The average Bonchev–Trinajstić information content (AvgIpc) is 2.62. The number of hydrogen-bond donors (Lipinski definition) is 1. The number of carbonyl (C=O) groups is 1. The van der Waals surface area contributed by atoms with Crippen molar-refractivity contribution in [2.24, 2.45) is 0 Å². The van der Waals surface area contributed by atoms with Gasteiger partial charge < -0.3 is 33.5 Å². The second kappa shape index (κ2) is 11.5. The Morgan fingerprint density at radius 2 is 1.60 bits per heavy atom. The van der Waals surface area contributed by atoms with Gasteiger partial charge in [-0.3, -0.25) is 4.79 Å². The van der Waals surface area contributed by atoms with Crippen molar-refractivity contribution in [2.45, 2.75) is 19.1 Å². The zero-order valence-electron chi connectivity index (χ0n) is 15.1. The van der Waals surface area contributed by atoms with Gasteiger partial charge in [0.15, 0.2) is 11.5 Å². The van der Waals surface area contributed by atoms with Crippen LogP contribution in [0.1, 0.15) is 12.0 Å². The minimum Gasteiger partial charge on any atom is -0.493 e. The topological polar surface area (TPSA) is 92.7 Å². The first-order valence-corrected chi connectivity index (χ1v) is 7.74. The minimum atomic E-state index is -0.896. The number of carboxylic acids is 1. The Morgan fingerprint density at radius 1 is 1.00 bits per heavy atom. The summed E-state index contributed by atoms with van der Waals surface area (Å²) in [5.41, 5.74) is 0.858. The first-order valence-electron chi connectivity index (χ1n) is 7.74. The van der Waals surface area contributed by atoms with E-state index in [-0.39, 0.29) is 25.7 Å². The maximum Gasteiger partial charge on any atom is 0.305 e. The summed E-state index contributed by atoms with van der Waals surface area (Å²) in [7, 11) is 6.20. The molecular weight excluding hydrogens is 332 g/mol. The molecule has 142 valence electrons. The lowest BCUT2D eigenvalue weighted by Gasteiger charge is -2.17. The number of ether oxygens (including phenoxy) is 6. The highest BCUT2D eigenvalue weighted by Gasteiger charge is 2.14. The summed E-state index contributed by atoms with van der Waals surface area (Å²) in [6.07, 6.45) is -0.321. The van der Waals surface area contributed by atoms with E-state index in [9.17, 15) is 4.79 Å². The highest BCUT2D eigenvalue weighted by atomic mass is 16.6. The normalized spacial score (nSPS) is 11.8. The Hall–Kier alpha value is -2.03. The van der Waals surface area contributed by atoms with Crippen LogP contribution >= 0.6 is 0 Å². The Kier molecular flexibility index (Phi) is 9.68. The van der Waals surface area contributed by atoms with Crippen molar-refractivity contribution >= 4 is 5.97 Å². The van der Waals surface area contributed by atoms with Gasteiger partial charge in [-0.25, -0.2) is 0 Å². The molecule has 0 aliphatic carbocycles. The van der Waals surface area contributed by atoms with Crippen molar-refractivity contribution in [3.63, 3.8) is 0 Å². The fraction of sp³-hybridized carbons (Fsp3) is 0.588. The van der Waals surface area contributed by atoms with Crippen LogP contribution < -0.4 is 14.2 Å². The number of benzene rings is 1. The van der Waals surface area contributed by atoms with E-state index in [0.29, 0.717) is 30.5 Å². The Morgan fingerprint density at radius 3 is 2.08 bits per heavy atom. The fourth-order valence-electron chi connectivity index (χ4n) is 2.09. The van der Waals surface area contributed by atoms with E-state index >= 15 is 0 Å². The Balaban J connectivity index is 2.52. The van der Waals surface area contributed by atoms with Gasteiger partial charge in [0.05, 0.1) is 54.2 Å². The molecule has 8 heteroatoms. The van der Waals surface area contributed by atoms with Crippen LogP contribution in [0.25, 0.3) is 0 Å². The lowest BCUT2D eigenvalue weighted by atomic mass is 10.2. The third-order valence-corrected chi connectivity index (χ3v) is 3.39. The van der Waals surface area contributed by atoms with Crippen LogP contribution in [-0.2, 0) is 25.6 Å². The fourth-order valence-corrected chi connectivity index (χ4v) is 2.09. The molecule has 0 saturated heterocycles. The van der Waals surface area contributed by atoms with Gasteiger partial charge in [0.1, 0.15) is 6.10 Å². The van der Waals surface area contributed by atoms with E-state index < -0.39 is 5.97 Å². The highest BCUT2D eigenvalue weighted by molar-refractivity contribution is 5.66. The number of rotatable bonds is 13. The minimum absolute atomic E-state index is 0.0390. The maximum atomic E-state index is 10.4. The smallest absolute Gasteiger partial charge is 0.305 e. The summed E-state index contributed by atoms with van der Waals surface area (Å²) in [5, 5.41) is 8.56. The average molecular weight is 358 g/mol. The van der Waals surface area contributed by atoms with Gasteiger partial charge in [-0.2, -0.15) is 0 Å². The van der Waals surface area contributed by atoms with Crippen LogP contribution in [0.15, 0.2) is 12.1 Å². The van der Waals surface area contributed by atoms with Crippen LogP contribution in [0.4, 0.5) is 0 Å². The van der Waals surface area contributed by atoms with Crippen LogP contribution in [0.3, 0.4) is 0 Å². The van der Waals surface area contributed by atoms with Crippen molar-refractivity contribution in [3.05, 3.63) is 17.7 Å². The second-order valence-electron chi connectivity index (χ2n) is 5.13. The van der Waals surface area contributed by atoms with Gasteiger partial charge in [0.25, 0.3) is 0 Å². The molecule has 1 rings (SSSR count). The van der Waals surface area contributed by atoms with Crippen molar-refractivity contribution < 1.29 is 38.3 Å². The van der Waals surface area contributed by atoms with Crippen LogP contribution in [0, 0.1) is 0 Å². The second-order valence-corrected chi connectivity index (χ2v) is 5.13. The Labute approximate surface area is 147 Å². The molecule has 1 atom stereocenters. The van der Waals surface area contributed by atoms with E-state index in [4.69, 9.17) is 33.5 Å². The molecule has 0 bridgehead atoms. The number of carboxylic acid groups (broad SMARTS) is 1. The van der Waals surface area contributed by atoms with Gasteiger partial charge in [0, 0.05) is 7.11 Å². The molecule has 0 heterocycles. The largest absolute Gasteiger partial charge is 0.493 e. The van der Waals surface area contributed by atoms with Crippen molar-refractivity contribution in [2.75, 3.05) is 48.3 Å². The first-order chi connectivity index (χ1) is 12.0. The van der Waals surface area contributed by atoms with E-state index in [1.807, 2.05) is 12.1 Å². The molecule has 0 saturated carbocycles. The standard InChI is InChI=1S/C17H26O8/c1-20-13(10-24-6-5-16(18)19)11-25-9-12-7-14(21-2)17(23-4)15(8-12)22-3/h7-8,13H,5-6,9-11H2,1-4H3,(H,18,19). The van der Waals surface area contributed by atoms with Crippen molar-refractivity contribution in [3.8, 4) is 17.2 Å². The summed E-state index contributed by atoms with van der Waals surface area (Å²) in [4.78, 5) is 10.4. The third-order valence-electron chi connectivity index (χ3n) is 3.39. The maximum absolute atomic E-state index is 10.4. The zero-order valence-corrected chi connectivity index (χ0v) is 15.1. The summed E-state index contributed by atoms with van der Waals surface area (Å²) < 4.78 is 32.0. The van der Waals surface area contributed by atoms with Crippen LogP contribution in [-0.4, -0.2) is 65.4 Å². The first kappa shape index (κ1) is 21.0. The molecule has 8 nitrogen and oxygen atoms in total. The van der Waals surface area contributed by atoms with Gasteiger partial charge in [-0.15, -0.1) is 0 Å². The van der Waals surface area contributed by atoms with E-state index in [1.54, 1.807) is 28.4 Å². The van der Waals surface area contributed by atoms with Crippen molar-refractivity contribution in [1.29, 1.82) is 0 Å². The lowest BCUT2D eigenvalue weighted by Crippen LogP contribution is -2.25. The van der Waals surface area contributed by atoms with Gasteiger partial charge >= 0.3 is 5.97 Å². The molecule has 1 aromatic carbocycles. The van der Waals surface area contributed by atoms with Crippen molar-refractivity contribution in [1.82, 2.24) is 0 Å². The van der Waals surface area contributed by atoms with Crippen LogP contribution in [0.2, 0.25) is 0 Å². The summed E-state index contributed by atoms with van der Waals surface area (Å²) in [6.45, 7) is 1.03. The summed E-state index contributed by atoms with van der Waals surface area (Å²) >= 11 is 0. The predicted molar refractivity (Wildman–Crippen MR) is 89.6 cm³/mol. The number of hydrogen-bond acceptors (Lipinski definition) is 7. The molecular formula is C17H26O8. The molecule has 0 aromatic heterocycles. The van der Waals surface area contributed by atoms with Crippen LogP contribution in [0.5, 0.6) is 17.2 Å². The molecule has 0 spiro atoms. The molecule has 0 fully saturated rings. The quantitative estimate of drug-likeness (QED) is 0.533. The van der Waals surface area contributed by atoms with Gasteiger partial charge in [-0.05, 0) is 17.7 Å². The molecule has 1 aromatic rings. The SMILES string of the molecule is COc1cc(COCC(COCCC(=O)O)OC)cc(OC)c1OC. The van der Waals surface area contributed by atoms with Gasteiger partial charge in [-0.1, -0.05) is 0 Å². The van der Waals surface area contributed by atoms with Gasteiger partial charge in [0.2, 0.25) is 5.75 Å². The lowest BCUT2D eigenvalue weighted by molar-refractivity contribution is -0.138.